The van der Waals surface area contributed by atoms with Gasteiger partial charge in [0.2, 0.25) is 11.8 Å². The molecule has 0 radical (unpaired) electrons. The molecule has 1 fully saturated rings. The van der Waals surface area contributed by atoms with Crippen molar-refractivity contribution in [2.24, 2.45) is 5.92 Å². The fourth-order valence-corrected chi connectivity index (χ4v) is 3.31. The summed E-state index contributed by atoms with van der Waals surface area (Å²) in [5.74, 6) is 1.02. The van der Waals surface area contributed by atoms with Crippen LogP contribution in [0.15, 0.2) is 24.3 Å². The quantitative estimate of drug-likeness (QED) is 0.824. The number of hydrogen-bond acceptors (Lipinski definition) is 3. The summed E-state index contributed by atoms with van der Waals surface area (Å²) in [5, 5.41) is 3.24. The third kappa shape index (κ3) is 5.48. The highest BCUT2D eigenvalue weighted by Gasteiger charge is 2.27. The normalized spacial score (nSPS) is 16.4. The molecule has 0 spiro atoms. The summed E-state index contributed by atoms with van der Waals surface area (Å²) in [6, 6.07) is 7.96. The van der Waals surface area contributed by atoms with Crippen molar-refractivity contribution in [2.75, 3.05) is 20.2 Å². The predicted molar refractivity (Wildman–Crippen MR) is 98.4 cm³/mol. The van der Waals surface area contributed by atoms with E-state index >= 15 is 0 Å². The van der Waals surface area contributed by atoms with E-state index in [0.29, 0.717) is 13.1 Å². The molecule has 0 bridgehead atoms. The number of rotatable bonds is 7. The molecule has 1 aromatic carbocycles. The van der Waals surface area contributed by atoms with Gasteiger partial charge in [-0.15, -0.1) is 0 Å². The van der Waals surface area contributed by atoms with E-state index in [0.717, 1.165) is 43.4 Å². The maximum Gasteiger partial charge on any atom is 0.223 e. The Bertz CT molecular complexity index is 563. The third-order valence-corrected chi connectivity index (χ3v) is 4.99. The minimum absolute atomic E-state index is 0.00188. The Kier molecular flexibility index (Phi) is 7.29. The van der Waals surface area contributed by atoms with Gasteiger partial charge in [-0.25, -0.2) is 0 Å². The van der Waals surface area contributed by atoms with Gasteiger partial charge >= 0.3 is 0 Å². The molecule has 0 unspecified atom stereocenters. The van der Waals surface area contributed by atoms with Crippen LogP contribution in [-0.2, 0) is 9.59 Å². The predicted octanol–water partition coefficient (Wildman–Crippen LogP) is 3.30. The highest BCUT2D eigenvalue weighted by molar-refractivity contribution is 5.80. The summed E-state index contributed by atoms with van der Waals surface area (Å²) >= 11 is 0. The van der Waals surface area contributed by atoms with Gasteiger partial charge < -0.3 is 15.0 Å². The fraction of sp³-hybridized carbons (Fsp3) is 0.600. The number of piperidine rings is 1. The van der Waals surface area contributed by atoms with E-state index < -0.39 is 0 Å². The number of carbonyl (C=O) groups excluding carboxylic acids is 2. The van der Waals surface area contributed by atoms with Crippen LogP contribution in [0.4, 0.5) is 0 Å². The molecule has 1 saturated heterocycles. The van der Waals surface area contributed by atoms with Gasteiger partial charge in [0.05, 0.1) is 13.2 Å². The molecule has 1 N–H and O–H groups in total. The number of likely N-dealkylation sites (tertiary alicyclic amines) is 1. The Hall–Kier alpha value is -2.04. The minimum Gasteiger partial charge on any atom is -0.497 e. The van der Waals surface area contributed by atoms with Crippen LogP contribution in [-0.4, -0.2) is 36.9 Å². The number of methoxy groups -OCH3 is 1. The van der Waals surface area contributed by atoms with Crippen molar-refractivity contribution in [2.45, 2.75) is 52.0 Å². The zero-order valence-electron chi connectivity index (χ0n) is 15.6. The molecule has 0 aliphatic carbocycles. The first-order valence-corrected chi connectivity index (χ1v) is 9.25. The molecule has 0 aromatic heterocycles. The van der Waals surface area contributed by atoms with Crippen LogP contribution in [0.2, 0.25) is 0 Å². The molecular formula is C20H30N2O3. The van der Waals surface area contributed by atoms with Crippen molar-refractivity contribution in [3.05, 3.63) is 29.8 Å². The number of amides is 2. The van der Waals surface area contributed by atoms with E-state index in [9.17, 15) is 9.59 Å². The third-order valence-electron chi connectivity index (χ3n) is 4.99. The van der Waals surface area contributed by atoms with Gasteiger partial charge in [-0.2, -0.15) is 0 Å². The first kappa shape index (κ1) is 19.3. The van der Waals surface area contributed by atoms with Gasteiger partial charge in [0.1, 0.15) is 5.75 Å². The SMILES string of the molecule is CCCC[C@@H](NC(=O)C1CCN(C(C)=O)CC1)c1ccc(OC)cc1. The van der Waals surface area contributed by atoms with Gasteiger partial charge in [0, 0.05) is 25.9 Å². The molecule has 1 aliphatic rings. The van der Waals surface area contributed by atoms with Crippen LogP contribution in [0.3, 0.4) is 0 Å². The second-order valence-electron chi connectivity index (χ2n) is 6.76. The summed E-state index contributed by atoms with van der Waals surface area (Å²) in [6.07, 6.45) is 4.59. The molecule has 25 heavy (non-hydrogen) atoms. The summed E-state index contributed by atoms with van der Waals surface area (Å²) in [5.41, 5.74) is 1.11. The van der Waals surface area contributed by atoms with Crippen LogP contribution < -0.4 is 10.1 Å². The second-order valence-corrected chi connectivity index (χ2v) is 6.76. The molecule has 1 aliphatic heterocycles. The number of ether oxygens (including phenoxy) is 1. The Morgan fingerprint density at radius 1 is 1.24 bits per heavy atom. The molecule has 138 valence electrons. The van der Waals surface area contributed by atoms with Crippen molar-refractivity contribution in [1.82, 2.24) is 10.2 Å². The number of nitrogens with zero attached hydrogens (tertiary/aromatic N) is 1. The van der Waals surface area contributed by atoms with Gasteiger partial charge in [-0.1, -0.05) is 31.9 Å². The van der Waals surface area contributed by atoms with E-state index in [1.807, 2.05) is 29.2 Å². The van der Waals surface area contributed by atoms with Gasteiger partial charge in [-0.3, -0.25) is 9.59 Å². The molecule has 2 rings (SSSR count). The zero-order chi connectivity index (χ0) is 18.2. The fourth-order valence-electron chi connectivity index (χ4n) is 3.31. The van der Waals surface area contributed by atoms with Crippen LogP contribution >= 0.6 is 0 Å². The lowest BCUT2D eigenvalue weighted by Crippen LogP contribution is -2.43. The maximum atomic E-state index is 12.7. The number of nitrogens with one attached hydrogen (secondary N) is 1. The van der Waals surface area contributed by atoms with E-state index in [-0.39, 0.29) is 23.8 Å². The summed E-state index contributed by atoms with van der Waals surface area (Å²) in [7, 11) is 1.65. The van der Waals surface area contributed by atoms with Crippen molar-refractivity contribution in [1.29, 1.82) is 0 Å². The lowest BCUT2D eigenvalue weighted by Gasteiger charge is -2.31. The van der Waals surface area contributed by atoms with E-state index in [2.05, 4.69) is 12.2 Å². The molecule has 1 heterocycles. The van der Waals surface area contributed by atoms with E-state index in [1.165, 1.54) is 0 Å². The lowest BCUT2D eigenvalue weighted by molar-refractivity contribution is -0.134. The molecule has 2 amide bonds. The molecule has 1 aromatic rings. The zero-order valence-corrected chi connectivity index (χ0v) is 15.6. The lowest BCUT2D eigenvalue weighted by atomic mass is 9.94. The molecule has 5 heteroatoms. The molecule has 0 saturated carbocycles. The summed E-state index contributed by atoms with van der Waals surface area (Å²) in [6.45, 7) is 5.10. The summed E-state index contributed by atoms with van der Waals surface area (Å²) < 4.78 is 5.22. The van der Waals surface area contributed by atoms with Crippen molar-refractivity contribution in [3.8, 4) is 5.75 Å². The first-order chi connectivity index (χ1) is 12.0. The van der Waals surface area contributed by atoms with E-state index in [1.54, 1.807) is 14.0 Å². The average Bonchev–Trinajstić information content (AvgIpc) is 2.65. The number of benzene rings is 1. The Labute approximate surface area is 150 Å². The van der Waals surface area contributed by atoms with Gasteiger partial charge in [0.25, 0.3) is 0 Å². The Morgan fingerprint density at radius 2 is 1.88 bits per heavy atom. The molecule has 1 atom stereocenters. The summed E-state index contributed by atoms with van der Waals surface area (Å²) in [4.78, 5) is 26.0. The van der Waals surface area contributed by atoms with Gasteiger partial charge in [0.15, 0.2) is 0 Å². The maximum absolute atomic E-state index is 12.7. The topological polar surface area (TPSA) is 58.6 Å². The minimum atomic E-state index is -0.00188. The smallest absolute Gasteiger partial charge is 0.223 e. The first-order valence-electron chi connectivity index (χ1n) is 9.25. The van der Waals surface area contributed by atoms with Crippen LogP contribution in [0.1, 0.15) is 57.6 Å². The second kappa shape index (κ2) is 9.44. The Morgan fingerprint density at radius 3 is 2.40 bits per heavy atom. The Balaban J connectivity index is 1.98. The van der Waals surface area contributed by atoms with Crippen LogP contribution in [0.5, 0.6) is 5.75 Å². The monoisotopic (exact) mass is 346 g/mol. The van der Waals surface area contributed by atoms with Crippen LogP contribution in [0.25, 0.3) is 0 Å². The molecular weight excluding hydrogens is 316 g/mol. The van der Waals surface area contributed by atoms with Crippen molar-refractivity contribution < 1.29 is 14.3 Å². The number of carbonyl (C=O) groups is 2. The number of hydrogen-bond donors (Lipinski definition) is 1. The van der Waals surface area contributed by atoms with E-state index in [4.69, 9.17) is 4.74 Å². The molecule has 5 nitrogen and oxygen atoms in total. The van der Waals surface area contributed by atoms with Gasteiger partial charge in [-0.05, 0) is 37.0 Å². The highest BCUT2D eigenvalue weighted by atomic mass is 16.5. The van der Waals surface area contributed by atoms with Crippen molar-refractivity contribution >= 4 is 11.8 Å². The van der Waals surface area contributed by atoms with Crippen LogP contribution in [0, 0.1) is 5.92 Å². The largest absolute Gasteiger partial charge is 0.497 e. The standard InChI is InChI=1S/C20H30N2O3/c1-4-5-6-19(16-7-9-18(25-3)10-8-16)21-20(24)17-11-13-22(14-12-17)15(2)23/h7-10,17,19H,4-6,11-14H2,1-3H3,(H,21,24)/t19-/m1/s1. The number of unbranched alkanes of at least 4 members (excludes halogenated alkanes) is 1. The van der Waals surface area contributed by atoms with Crippen molar-refractivity contribution in [3.63, 3.8) is 0 Å². The average molecular weight is 346 g/mol. The highest BCUT2D eigenvalue weighted by Crippen LogP contribution is 2.24.